The second kappa shape index (κ2) is 6.22. The van der Waals surface area contributed by atoms with Crippen LogP contribution in [0, 0.1) is 13.8 Å². The van der Waals surface area contributed by atoms with Gasteiger partial charge < -0.3 is 9.84 Å². The van der Waals surface area contributed by atoms with E-state index in [1.165, 1.54) is 0 Å². The predicted octanol–water partition coefficient (Wildman–Crippen LogP) is 4.93. The molecule has 118 valence electrons. The molecule has 1 heterocycles. The Morgan fingerprint density at radius 1 is 1.22 bits per heavy atom. The summed E-state index contributed by atoms with van der Waals surface area (Å²) in [5.74, 6) is -0.233. The zero-order valence-corrected chi connectivity index (χ0v) is 14.1. The van der Waals surface area contributed by atoms with Gasteiger partial charge in [-0.05, 0) is 49.2 Å². The van der Waals surface area contributed by atoms with Crippen LogP contribution in [0.3, 0.4) is 0 Å². The van der Waals surface area contributed by atoms with Gasteiger partial charge in [0.05, 0.1) is 17.1 Å². The minimum atomic E-state index is -0.233. The van der Waals surface area contributed by atoms with Gasteiger partial charge in [-0.1, -0.05) is 34.4 Å². The number of rotatable bonds is 3. The SMILES string of the molecule is Cc1cc(C)c2onc(CC(=O)Nc3cc(Cl)ccc3Cl)c2c1. The molecule has 0 unspecified atom stereocenters. The van der Waals surface area contributed by atoms with E-state index < -0.39 is 0 Å². The quantitative estimate of drug-likeness (QED) is 0.729. The van der Waals surface area contributed by atoms with Crippen molar-refractivity contribution in [1.29, 1.82) is 0 Å². The maximum atomic E-state index is 12.3. The monoisotopic (exact) mass is 348 g/mol. The Bertz CT molecular complexity index is 903. The Morgan fingerprint density at radius 3 is 2.78 bits per heavy atom. The van der Waals surface area contributed by atoms with Crippen molar-refractivity contribution in [3.8, 4) is 0 Å². The van der Waals surface area contributed by atoms with E-state index in [0.717, 1.165) is 16.5 Å². The van der Waals surface area contributed by atoms with Crippen molar-refractivity contribution in [1.82, 2.24) is 5.16 Å². The second-order valence-electron chi connectivity index (χ2n) is 5.44. The molecule has 0 fully saturated rings. The Balaban J connectivity index is 1.85. The second-order valence-corrected chi connectivity index (χ2v) is 6.28. The molecule has 6 heteroatoms. The van der Waals surface area contributed by atoms with Gasteiger partial charge in [-0.25, -0.2) is 0 Å². The minimum Gasteiger partial charge on any atom is -0.356 e. The first kappa shape index (κ1) is 15.8. The highest BCUT2D eigenvalue weighted by Gasteiger charge is 2.15. The molecule has 0 aliphatic rings. The van der Waals surface area contributed by atoms with E-state index in [1.54, 1.807) is 18.2 Å². The van der Waals surface area contributed by atoms with Crippen molar-refractivity contribution in [2.45, 2.75) is 20.3 Å². The molecular formula is C17H14Cl2N2O2. The summed E-state index contributed by atoms with van der Waals surface area (Å²) in [4.78, 5) is 12.3. The number of aromatic nitrogens is 1. The van der Waals surface area contributed by atoms with E-state index in [4.69, 9.17) is 27.7 Å². The van der Waals surface area contributed by atoms with Crippen molar-refractivity contribution >= 4 is 45.8 Å². The molecule has 4 nitrogen and oxygen atoms in total. The largest absolute Gasteiger partial charge is 0.356 e. The van der Waals surface area contributed by atoms with E-state index in [-0.39, 0.29) is 12.3 Å². The molecule has 0 bridgehead atoms. The van der Waals surface area contributed by atoms with E-state index in [9.17, 15) is 4.79 Å². The Kier molecular flexibility index (Phi) is 4.28. The predicted molar refractivity (Wildman–Crippen MR) is 92.3 cm³/mol. The number of amides is 1. The number of hydrogen-bond donors (Lipinski definition) is 1. The molecule has 0 saturated carbocycles. The summed E-state index contributed by atoms with van der Waals surface area (Å²) in [5.41, 5.74) is 3.88. The normalized spacial score (nSPS) is 11.0. The van der Waals surface area contributed by atoms with Crippen LogP contribution in [0.4, 0.5) is 5.69 Å². The highest BCUT2D eigenvalue weighted by molar-refractivity contribution is 6.35. The molecule has 0 radical (unpaired) electrons. The highest BCUT2D eigenvalue weighted by Crippen LogP contribution is 2.27. The Hall–Kier alpha value is -2.04. The summed E-state index contributed by atoms with van der Waals surface area (Å²) in [6.07, 6.45) is 0.0960. The molecule has 1 N–H and O–H groups in total. The minimum absolute atomic E-state index is 0.0960. The van der Waals surface area contributed by atoms with Gasteiger partial charge in [0.25, 0.3) is 0 Å². The average Bonchev–Trinajstić information content (AvgIpc) is 2.86. The topological polar surface area (TPSA) is 55.1 Å². The fourth-order valence-electron chi connectivity index (χ4n) is 2.51. The van der Waals surface area contributed by atoms with Crippen molar-refractivity contribution in [3.63, 3.8) is 0 Å². The Labute approximate surface area is 143 Å². The van der Waals surface area contributed by atoms with Crippen molar-refractivity contribution in [2.24, 2.45) is 0 Å². The van der Waals surface area contributed by atoms with Gasteiger partial charge in [0.15, 0.2) is 5.58 Å². The van der Waals surface area contributed by atoms with Crippen LogP contribution in [0.25, 0.3) is 11.0 Å². The number of carbonyl (C=O) groups excluding carboxylic acids is 1. The van der Waals surface area contributed by atoms with Crippen LogP contribution in [0.1, 0.15) is 16.8 Å². The van der Waals surface area contributed by atoms with Gasteiger partial charge in [0.2, 0.25) is 5.91 Å². The van der Waals surface area contributed by atoms with Crippen LogP contribution in [0.5, 0.6) is 0 Å². The molecule has 3 aromatic rings. The van der Waals surface area contributed by atoms with E-state index in [0.29, 0.717) is 27.0 Å². The van der Waals surface area contributed by atoms with Crippen molar-refractivity contribution in [3.05, 3.63) is 57.2 Å². The van der Waals surface area contributed by atoms with Gasteiger partial charge in [-0.2, -0.15) is 0 Å². The molecule has 1 aromatic heterocycles. The smallest absolute Gasteiger partial charge is 0.230 e. The summed E-state index contributed by atoms with van der Waals surface area (Å²) in [7, 11) is 0. The maximum absolute atomic E-state index is 12.3. The van der Waals surface area contributed by atoms with Crippen LogP contribution in [0.2, 0.25) is 10.0 Å². The molecule has 23 heavy (non-hydrogen) atoms. The first-order chi connectivity index (χ1) is 10.9. The third-order valence-electron chi connectivity index (χ3n) is 3.51. The number of nitrogens with one attached hydrogen (secondary N) is 1. The van der Waals surface area contributed by atoms with Crippen LogP contribution in [0.15, 0.2) is 34.9 Å². The van der Waals surface area contributed by atoms with Crippen LogP contribution < -0.4 is 5.32 Å². The van der Waals surface area contributed by atoms with Gasteiger partial charge >= 0.3 is 0 Å². The first-order valence-electron chi connectivity index (χ1n) is 7.04. The lowest BCUT2D eigenvalue weighted by molar-refractivity contribution is -0.115. The average molecular weight is 349 g/mol. The van der Waals surface area contributed by atoms with Gasteiger partial charge in [0.1, 0.15) is 5.69 Å². The lowest BCUT2D eigenvalue weighted by Gasteiger charge is -2.07. The summed E-state index contributed by atoms with van der Waals surface area (Å²) < 4.78 is 5.35. The van der Waals surface area contributed by atoms with Gasteiger partial charge in [0, 0.05) is 10.4 Å². The molecular weight excluding hydrogens is 335 g/mol. The number of nitrogens with zero attached hydrogens (tertiary/aromatic N) is 1. The van der Waals surface area contributed by atoms with Crippen LogP contribution >= 0.6 is 23.2 Å². The van der Waals surface area contributed by atoms with Crippen LogP contribution in [-0.4, -0.2) is 11.1 Å². The summed E-state index contributed by atoms with van der Waals surface area (Å²) in [6.45, 7) is 3.95. The molecule has 0 aliphatic heterocycles. The van der Waals surface area contributed by atoms with E-state index >= 15 is 0 Å². The summed E-state index contributed by atoms with van der Waals surface area (Å²) >= 11 is 12.0. The van der Waals surface area contributed by atoms with Crippen molar-refractivity contribution < 1.29 is 9.32 Å². The molecule has 0 spiro atoms. The first-order valence-corrected chi connectivity index (χ1v) is 7.80. The number of benzene rings is 2. The number of aryl methyl sites for hydroxylation is 2. The van der Waals surface area contributed by atoms with E-state index in [1.807, 2.05) is 26.0 Å². The van der Waals surface area contributed by atoms with Crippen molar-refractivity contribution in [2.75, 3.05) is 5.32 Å². The standard InChI is InChI=1S/C17H14Cl2N2O2/c1-9-5-10(2)17-12(6-9)14(21-23-17)8-16(22)20-15-7-11(18)3-4-13(15)19/h3-7H,8H2,1-2H3,(H,20,22). The lowest BCUT2D eigenvalue weighted by Crippen LogP contribution is -2.15. The van der Waals surface area contributed by atoms with E-state index in [2.05, 4.69) is 10.5 Å². The molecule has 3 rings (SSSR count). The maximum Gasteiger partial charge on any atom is 0.230 e. The molecule has 0 aliphatic carbocycles. The van der Waals surface area contributed by atoms with Crippen LogP contribution in [-0.2, 0) is 11.2 Å². The Morgan fingerprint density at radius 2 is 2.00 bits per heavy atom. The number of hydrogen-bond acceptors (Lipinski definition) is 3. The zero-order chi connectivity index (χ0) is 16.6. The third kappa shape index (κ3) is 3.33. The summed E-state index contributed by atoms with van der Waals surface area (Å²) in [6, 6.07) is 8.89. The van der Waals surface area contributed by atoms with Gasteiger partial charge in [-0.3, -0.25) is 4.79 Å². The zero-order valence-electron chi connectivity index (χ0n) is 12.6. The molecule has 2 aromatic carbocycles. The fraction of sp³-hybridized carbons (Fsp3) is 0.176. The highest BCUT2D eigenvalue weighted by atomic mass is 35.5. The number of fused-ring (bicyclic) bond motifs is 1. The summed E-state index contributed by atoms with van der Waals surface area (Å²) in [5, 5.41) is 8.56. The molecule has 0 saturated heterocycles. The third-order valence-corrected chi connectivity index (χ3v) is 4.07. The number of halogens is 2. The lowest BCUT2D eigenvalue weighted by atomic mass is 10.1. The number of carbonyl (C=O) groups is 1. The molecule has 0 atom stereocenters. The van der Waals surface area contributed by atoms with Gasteiger partial charge in [-0.15, -0.1) is 0 Å². The number of anilines is 1. The molecule has 1 amide bonds. The fourth-order valence-corrected chi connectivity index (χ4v) is 2.84.